The van der Waals surface area contributed by atoms with Crippen LogP contribution in [0.3, 0.4) is 0 Å². The molecule has 116 valence electrons. The average molecular weight is 294 g/mol. The van der Waals surface area contributed by atoms with E-state index in [0.717, 1.165) is 12.8 Å². The van der Waals surface area contributed by atoms with E-state index in [2.05, 4.69) is 5.32 Å². The Kier molecular flexibility index (Phi) is 6.81. The van der Waals surface area contributed by atoms with Crippen LogP contribution in [0, 0.1) is 5.92 Å². The molecule has 0 saturated heterocycles. The van der Waals surface area contributed by atoms with Gasteiger partial charge in [0.2, 0.25) is 5.91 Å². The summed E-state index contributed by atoms with van der Waals surface area (Å²) in [6.07, 6.45) is 1.67. The normalized spacial score (nSPS) is 16.8. The first-order chi connectivity index (χ1) is 9.39. The molecule has 0 atom stereocenters. The molecule has 0 bridgehead atoms. The van der Waals surface area contributed by atoms with Gasteiger partial charge in [0.25, 0.3) is 0 Å². The van der Waals surface area contributed by atoms with Crippen LogP contribution in [0.2, 0.25) is 0 Å². The van der Waals surface area contributed by atoms with Gasteiger partial charge in [0.15, 0.2) is 0 Å². The van der Waals surface area contributed by atoms with Crippen molar-refractivity contribution in [3.05, 3.63) is 0 Å². The molecule has 1 aliphatic rings. The van der Waals surface area contributed by atoms with Gasteiger partial charge in [-0.1, -0.05) is 19.3 Å². The first-order valence-electron chi connectivity index (χ1n) is 7.01. The second-order valence-electron chi connectivity index (χ2n) is 5.17. The van der Waals surface area contributed by atoms with Crippen molar-refractivity contribution >= 4 is 11.8 Å². The Hall–Kier alpha value is -1.27. The third kappa shape index (κ3) is 6.77. The van der Waals surface area contributed by atoms with Gasteiger partial charge in [0.05, 0.1) is 0 Å². The van der Waals surface area contributed by atoms with Gasteiger partial charge in [-0.3, -0.25) is 9.59 Å². The lowest BCUT2D eigenvalue weighted by molar-refractivity contribution is -0.173. The second-order valence-corrected chi connectivity index (χ2v) is 5.17. The fourth-order valence-corrected chi connectivity index (χ4v) is 2.34. The summed E-state index contributed by atoms with van der Waals surface area (Å²) < 4.78 is 35.6. The van der Waals surface area contributed by atoms with E-state index in [4.69, 9.17) is 0 Å². The highest BCUT2D eigenvalue weighted by Crippen LogP contribution is 2.25. The number of rotatable bonds is 6. The molecule has 0 aromatic carbocycles. The van der Waals surface area contributed by atoms with Crippen LogP contribution in [0.4, 0.5) is 13.2 Å². The van der Waals surface area contributed by atoms with Crippen LogP contribution in [-0.2, 0) is 9.59 Å². The van der Waals surface area contributed by atoms with E-state index in [9.17, 15) is 22.8 Å². The van der Waals surface area contributed by atoms with E-state index in [-0.39, 0.29) is 25.4 Å². The fourth-order valence-electron chi connectivity index (χ4n) is 2.34. The van der Waals surface area contributed by atoms with Gasteiger partial charge in [-0.15, -0.1) is 0 Å². The van der Waals surface area contributed by atoms with E-state index in [1.807, 2.05) is 0 Å². The molecule has 1 aliphatic carbocycles. The summed E-state index contributed by atoms with van der Waals surface area (Å²) in [6, 6.07) is 0. The number of amides is 2. The average Bonchev–Trinajstić information content (AvgIpc) is 2.38. The molecule has 0 aliphatic heterocycles. The molecule has 0 unspecified atom stereocenters. The summed E-state index contributed by atoms with van der Waals surface area (Å²) >= 11 is 0. The van der Waals surface area contributed by atoms with Crippen molar-refractivity contribution in [3.8, 4) is 0 Å². The minimum atomic E-state index is -4.84. The lowest BCUT2D eigenvalue weighted by atomic mass is 9.87. The number of carbonyl (C=O) groups excluding carboxylic acids is 2. The van der Waals surface area contributed by atoms with Crippen molar-refractivity contribution in [2.75, 3.05) is 13.1 Å². The zero-order valence-corrected chi connectivity index (χ0v) is 11.4. The number of carbonyl (C=O) groups is 2. The van der Waals surface area contributed by atoms with E-state index in [1.165, 1.54) is 19.3 Å². The number of hydrogen-bond donors (Lipinski definition) is 2. The highest BCUT2D eigenvalue weighted by atomic mass is 19.4. The number of alkyl halides is 3. The topological polar surface area (TPSA) is 58.2 Å². The Morgan fingerprint density at radius 3 is 2.20 bits per heavy atom. The summed E-state index contributed by atoms with van der Waals surface area (Å²) in [6.45, 7) is 0.186. The van der Waals surface area contributed by atoms with Gasteiger partial charge in [-0.25, -0.2) is 0 Å². The minimum Gasteiger partial charge on any atom is -0.356 e. The highest BCUT2D eigenvalue weighted by Gasteiger charge is 2.38. The second kappa shape index (κ2) is 8.11. The smallest absolute Gasteiger partial charge is 0.356 e. The maximum atomic E-state index is 11.9. The summed E-state index contributed by atoms with van der Waals surface area (Å²) in [5.74, 6) is -1.56. The van der Waals surface area contributed by atoms with E-state index >= 15 is 0 Å². The summed E-state index contributed by atoms with van der Waals surface area (Å²) in [5, 5.41) is 4.43. The molecule has 2 N–H and O–H groups in total. The van der Waals surface area contributed by atoms with Crippen LogP contribution in [0.25, 0.3) is 0 Å². The molecule has 0 aromatic heterocycles. The first-order valence-corrected chi connectivity index (χ1v) is 7.01. The van der Waals surface area contributed by atoms with Crippen molar-refractivity contribution in [1.29, 1.82) is 0 Å². The van der Waals surface area contributed by atoms with Crippen LogP contribution in [-0.4, -0.2) is 31.1 Å². The molecule has 4 nitrogen and oxygen atoms in total. The van der Waals surface area contributed by atoms with Crippen molar-refractivity contribution < 1.29 is 22.8 Å². The lowest BCUT2D eigenvalue weighted by Gasteiger charge is -2.20. The summed E-state index contributed by atoms with van der Waals surface area (Å²) in [4.78, 5) is 22.1. The quantitative estimate of drug-likeness (QED) is 0.737. The minimum absolute atomic E-state index is 0.0564. The van der Waals surface area contributed by atoms with E-state index in [1.54, 1.807) is 5.32 Å². The molecule has 1 rings (SSSR count). The van der Waals surface area contributed by atoms with Gasteiger partial charge in [0, 0.05) is 19.5 Å². The van der Waals surface area contributed by atoms with Crippen LogP contribution >= 0.6 is 0 Å². The molecular weight excluding hydrogens is 273 g/mol. The maximum absolute atomic E-state index is 11.9. The third-order valence-electron chi connectivity index (χ3n) is 3.42. The number of hydrogen-bond acceptors (Lipinski definition) is 2. The molecule has 7 heteroatoms. The van der Waals surface area contributed by atoms with Crippen LogP contribution < -0.4 is 10.6 Å². The van der Waals surface area contributed by atoms with Crippen molar-refractivity contribution in [3.63, 3.8) is 0 Å². The van der Waals surface area contributed by atoms with Gasteiger partial charge in [0.1, 0.15) is 0 Å². The number of nitrogens with one attached hydrogen (secondary N) is 2. The standard InChI is InChI=1S/C13H21F3N2O2/c14-13(15,16)12(20)18-8-4-7-17-11(19)9-10-5-2-1-3-6-10/h10H,1-9H2,(H,17,19)(H,18,20). The SMILES string of the molecule is O=C(CC1CCCCC1)NCCCNC(=O)C(F)(F)F. The Labute approximate surface area is 116 Å². The van der Waals surface area contributed by atoms with Crippen LogP contribution in [0.5, 0.6) is 0 Å². The predicted molar refractivity (Wildman–Crippen MR) is 67.9 cm³/mol. The van der Waals surface area contributed by atoms with Crippen LogP contribution in [0.1, 0.15) is 44.9 Å². The van der Waals surface area contributed by atoms with Crippen molar-refractivity contribution in [2.45, 2.75) is 51.1 Å². The van der Waals surface area contributed by atoms with Crippen molar-refractivity contribution in [1.82, 2.24) is 10.6 Å². The first kappa shape index (κ1) is 16.8. The molecule has 1 saturated carbocycles. The molecule has 0 heterocycles. The predicted octanol–water partition coefficient (Wildman–Crippen LogP) is 2.14. The molecule has 1 fully saturated rings. The maximum Gasteiger partial charge on any atom is 0.471 e. The zero-order chi connectivity index (χ0) is 15.0. The molecule has 0 aromatic rings. The Balaban J connectivity index is 2.03. The monoisotopic (exact) mass is 294 g/mol. The van der Waals surface area contributed by atoms with Gasteiger partial charge < -0.3 is 10.6 Å². The molecule has 0 spiro atoms. The third-order valence-corrected chi connectivity index (χ3v) is 3.42. The van der Waals surface area contributed by atoms with Gasteiger partial charge in [-0.05, 0) is 25.2 Å². The van der Waals surface area contributed by atoms with Gasteiger partial charge in [-0.2, -0.15) is 13.2 Å². The van der Waals surface area contributed by atoms with E-state index < -0.39 is 12.1 Å². The van der Waals surface area contributed by atoms with Crippen molar-refractivity contribution in [2.24, 2.45) is 5.92 Å². The Bertz CT molecular complexity index is 326. The molecule has 0 radical (unpaired) electrons. The largest absolute Gasteiger partial charge is 0.471 e. The van der Waals surface area contributed by atoms with Gasteiger partial charge >= 0.3 is 12.1 Å². The Morgan fingerprint density at radius 2 is 1.60 bits per heavy atom. The highest BCUT2D eigenvalue weighted by molar-refractivity contribution is 5.81. The number of halogens is 3. The summed E-state index contributed by atoms with van der Waals surface area (Å²) in [7, 11) is 0. The fraction of sp³-hybridized carbons (Fsp3) is 0.846. The molecule has 20 heavy (non-hydrogen) atoms. The molecule has 2 amide bonds. The van der Waals surface area contributed by atoms with E-state index in [0.29, 0.717) is 12.3 Å². The zero-order valence-electron chi connectivity index (χ0n) is 11.4. The molecular formula is C13H21F3N2O2. The van der Waals surface area contributed by atoms with Crippen LogP contribution in [0.15, 0.2) is 0 Å². The summed E-state index contributed by atoms with van der Waals surface area (Å²) in [5.41, 5.74) is 0. The Morgan fingerprint density at radius 1 is 1.00 bits per heavy atom. The lowest BCUT2D eigenvalue weighted by Crippen LogP contribution is -2.38.